The number of aliphatic hydroxyl groups is 1. The summed E-state index contributed by atoms with van der Waals surface area (Å²) in [5.74, 6) is -0.0578. The first-order valence-corrected chi connectivity index (χ1v) is 6.59. The fourth-order valence-corrected chi connectivity index (χ4v) is 2.40. The molecule has 0 aromatic rings. The summed E-state index contributed by atoms with van der Waals surface area (Å²) < 4.78 is 5.17. The number of nitriles is 1. The fraction of sp³-hybridized carbons (Fsp3) is 0.846. The molecule has 102 valence electrons. The van der Waals surface area contributed by atoms with Gasteiger partial charge in [0.25, 0.3) is 0 Å². The second kappa shape index (κ2) is 7.34. The SMILES string of the molecule is CCN(CCOCCO)C(=O)C1(C#N)CCCC1. The molecule has 5 heteroatoms. The van der Waals surface area contributed by atoms with Crippen LogP contribution in [0.15, 0.2) is 0 Å². The maximum absolute atomic E-state index is 12.4. The van der Waals surface area contributed by atoms with E-state index in [0.29, 0.717) is 32.5 Å². The van der Waals surface area contributed by atoms with E-state index in [9.17, 15) is 10.1 Å². The zero-order chi connectivity index (χ0) is 13.4. The van der Waals surface area contributed by atoms with Gasteiger partial charge in [-0.2, -0.15) is 5.26 Å². The standard InChI is InChI=1S/C13H22N2O3/c1-2-15(7-9-18-10-8-16)12(17)13(11-14)5-3-4-6-13/h16H,2-10H2,1H3. The second-order valence-corrected chi connectivity index (χ2v) is 4.62. The predicted octanol–water partition coefficient (Wildman–Crippen LogP) is 0.928. The van der Waals surface area contributed by atoms with E-state index in [4.69, 9.17) is 9.84 Å². The van der Waals surface area contributed by atoms with E-state index in [-0.39, 0.29) is 19.1 Å². The molecule has 1 saturated carbocycles. The first kappa shape index (κ1) is 14.9. The lowest BCUT2D eigenvalue weighted by Gasteiger charge is -2.28. The van der Waals surface area contributed by atoms with E-state index in [2.05, 4.69) is 6.07 Å². The number of ether oxygens (including phenoxy) is 1. The summed E-state index contributed by atoms with van der Waals surface area (Å²) in [4.78, 5) is 14.1. The van der Waals surface area contributed by atoms with Crippen LogP contribution in [0.25, 0.3) is 0 Å². The minimum absolute atomic E-state index is 0.0117. The molecule has 0 heterocycles. The maximum Gasteiger partial charge on any atom is 0.243 e. The molecule has 0 aromatic carbocycles. The summed E-state index contributed by atoms with van der Waals surface area (Å²) in [6.45, 7) is 3.66. The van der Waals surface area contributed by atoms with Crippen LogP contribution in [-0.4, -0.2) is 48.8 Å². The average molecular weight is 254 g/mol. The number of hydrogen-bond donors (Lipinski definition) is 1. The number of amides is 1. The molecule has 1 aliphatic carbocycles. The number of likely N-dealkylation sites (N-methyl/N-ethyl adjacent to an activating group) is 1. The smallest absolute Gasteiger partial charge is 0.243 e. The molecule has 5 nitrogen and oxygen atoms in total. The molecule has 0 aliphatic heterocycles. The Hall–Kier alpha value is -1.12. The van der Waals surface area contributed by atoms with Gasteiger partial charge in [0.15, 0.2) is 0 Å². The molecule has 1 rings (SSSR count). The highest BCUT2D eigenvalue weighted by atomic mass is 16.5. The quantitative estimate of drug-likeness (QED) is 0.686. The summed E-state index contributed by atoms with van der Waals surface area (Å²) in [6.07, 6.45) is 3.27. The van der Waals surface area contributed by atoms with Gasteiger partial charge in [-0.1, -0.05) is 12.8 Å². The molecular weight excluding hydrogens is 232 g/mol. The minimum atomic E-state index is -0.799. The summed E-state index contributed by atoms with van der Waals surface area (Å²) in [5.41, 5.74) is -0.799. The first-order valence-electron chi connectivity index (χ1n) is 6.59. The molecule has 18 heavy (non-hydrogen) atoms. The summed E-state index contributed by atoms with van der Waals surface area (Å²) in [6, 6.07) is 2.22. The summed E-state index contributed by atoms with van der Waals surface area (Å²) >= 11 is 0. The highest BCUT2D eigenvalue weighted by Crippen LogP contribution is 2.39. The zero-order valence-electron chi connectivity index (χ0n) is 11.0. The second-order valence-electron chi connectivity index (χ2n) is 4.62. The summed E-state index contributed by atoms with van der Waals surface area (Å²) in [7, 11) is 0. The van der Waals surface area contributed by atoms with Gasteiger partial charge in [-0.15, -0.1) is 0 Å². The lowest BCUT2D eigenvalue weighted by Crippen LogP contribution is -2.43. The van der Waals surface area contributed by atoms with Gasteiger partial charge in [0.2, 0.25) is 5.91 Å². The van der Waals surface area contributed by atoms with Crippen LogP contribution in [0.3, 0.4) is 0 Å². The molecule has 0 atom stereocenters. The molecule has 0 spiro atoms. The molecule has 0 aromatic heterocycles. The monoisotopic (exact) mass is 254 g/mol. The molecule has 0 unspecified atom stereocenters. The highest BCUT2D eigenvalue weighted by Gasteiger charge is 2.43. The van der Waals surface area contributed by atoms with Crippen LogP contribution in [0, 0.1) is 16.7 Å². The van der Waals surface area contributed by atoms with Crippen LogP contribution in [0.5, 0.6) is 0 Å². The van der Waals surface area contributed by atoms with E-state index < -0.39 is 5.41 Å². The number of nitrogens with zero attached hydrogens (tertiary/aromatic N) is 2. The Morgan fingerprint density at radius 3 is 2.61 bits per heavy atom. The fourth-order valence-electron chi connectivity index (χ4n) is 2.40. The predicted molar refractivity (Wildman–Crippen MR) is 66.7 cm³/mol. The Morgan fingerprint density at radius 2 is 2.11 bits per heavy atom. The lowest BCUT2D eigenvalue weighted by atomic mass is 9.86. The van der Waals surface area contributed by atoms with Crippen molar-refractivity contribution < 1.29 is 14.6 Å². The molecule has 0 saturated heterocycles. The zero-order valence-corrected chi connectivity index (χ0v) is 11.0. The largest absolute Gasteiger partial charge is 0.394 e. The minimum Gasteiger partial charge on any atom is -0.394 e. The van der Waals surface area contributed by atoms with Crippen LogP contribution in [0.1, 0.15) is 32.6 Å². The van der Waals surface area contributed by atoms with Crippen molar-refractivity contribution in [3.63, 3.8) is 0 Å². The van der Waals surface area contributed by atoms with E-state index >= 15 is 0 Å². The van der Waals surface area contributed by atoms with Gasteiger partial charge in [-0.05, 0) is 19.8 Å². The van der Waals surface area contributed by atoms with Crippen LogP contribution < -0.4 is 0 Å². The van der Waals surface area contributed by atoms with Crippen LogP contribution in [0.2, 0.25) is 0 Å². The molecule has 1 fully saturated rings. The number of aliphatic hydroxyl groups excluding tert-OH is 1. The third-order valence-corrected chi connectivity index (χ3v) is 3.49. The number of carbonyl (C=O) groups is 1. The van der Waals surface area contributed by atoms with Crippen LogP contribution in [-0.2, 0) is 9.53 Å². The van der Waals surface area contributed by atoms with Crippen molar-refractivity contribution >= 4 is 5.91 Å². The van der Waals surface area contributed by atoms with E-state index in [0.717, 1.165) is 12.8 Å². The topological polar surface area (TPSA) is 73.6 Å². The van der Waals surface area contributed by atoms with Crippen molar-refractivity contribution in [1.82, 2.24) is 4.90 Å². The van der Waals surface area contributed by atoms with Gasteiger partial charge in [-0.3, -0.25) is 4.79 Å². The molecular formula is C13H22N2O3. The number of rotatable bonds is 7. The third kappa shape index (κ3) is 3.44. The Balaban J connectivity index is 2.53. The molecule has 0 bridgehead atoms. The highest BCUT2D eigenvalue weighted by molar-refractivity contribution is 5.85. The van der Waals surface area contributed by atoms with Gasteiger partial charge < -0.3 is 14.7 Å². The van der Waals surface area contributed by atoms with Crippen LogP contribution in [0.4, 0.5) is 0 Å². The number of carbonyl (C=O) groups excluding carboxylic acids is 1. The van der Waals surface area contributed by atoms with Crippen molar-refractivity contribution in [1.29, 1.82) is 5.26 Å². The van der Waals surface area contributed by atoms with Gasteiger partial charge >= 0.3 is 0 Å². The van der Waals surface area contributed by atoms with Crippen molar-refractivity contribution in [2.75, 3.05) is 32.9 Å². The van der Waals surface area contributed by atoms with E-state index in [1.807, 2.05) is 6.92 Å². The van der Waals surface area contributed by atoms with Crippen LogP contribution >= 0.6 is 0 Å². The maximum atomic E-state index is 12.4. The summed E-state index contributed by atoms with van der Waals surface area (Å²) in [5, 5.41) is 17.9. The van der Waals surface area contributed by atoms with Crippen molar-refractivity contribution in [3.8, 4) is 6.07 Å². The van der Waals surface area contributed by atoms with Gasteiger partial charge in [-0.25, -0.2) is 0 Å². The van der Waals surface area contributed by atoms with Gasteiger partial charge in [0, 0.05) is 13.1 Å². The van der Waals surface area contributed by atoms with Gasteiger partial charge in [0.05, 0.1) is 25.9 Å². The Labute approximate surface area is 108 Å². The Bertz CT molecular complexity index is 306. The van der Waals surface area contributed by atoms with Crippen molar-refractivity contribution in [2.24, 2.45) is 5.41 Å². The first-order chi connectivity index (χ1) is 8.70. The Morgan fingerprint density at radius 1 is 1.44 bits per heavy atom. The van der Waals surface area contributed by atoms with E-state index in [1.54, 1.807) is 4.90 Å². The number of hydrogen-bond acceptors (Lipinski definition) is 4. The third-order valence-electron chi connectivity index (χ3n) is 3.49. The normalized spacial score (nSPS) is 17.4. The van der Waals surface area contributed by atoms with E-state index in [1.165, 1.54) is 0 Å². The molecule has 1 amide bonds. The van der Waals surface area contributed by atoms with Gasteiger partial charge in [0.1, 0.15) is 5.41 Å². The average Bonchev–Trinajstić information content (AvgIpc) is 2.88. The van der Waals surface area contributed by atoms with Crippen molar-refractivity contribution in [3.05, 3.63) is 0 Å². The molecule has 1 N–H and O–H groups in total. The molecule has 1 aliphatic rings. The Kier molecular flexibility index (Phi) is 6.10. The molecule has 0 radical (unpaired) electrons. The lowest BCUT2D eigenvalue weighted by molar-refractivity contribution is -0.139. The van der Waals surface area contributed by atoms with Crippen molar-refractivity contribution in [2.45, 2.75) is 32.6 Å².